The fourth-order valence-electron chi connectivity index (χ4n) is 1.89. The predicted octanol–water partition coefficient (Wildman–Crippen LogP) is 4.22. The molecule has 8 heteroatoms. The van der Waals surface area contributed by atoms with Gasteiger partial charge in [0.15, 0.2) is 5.13 Å². The summed E-state index contributed by atoms with van der Waals surface area (Å²) in [6.07, 6.45) is 1.55. The van der Waals surface area contributed by atoms with Gasteiger partial charge in [-0.25, -0.2) is 14.2 Å². The standard InChI is InChI=1S/C15H10FN3O2S2/c16-9-3-4-10(13(20)12-2-1-6-22-12)11(8-9)18-14(21)19-15-17-5-7-23-15/h1-8H,(H2,17,18,19,21). The zero-order valence-corrected chi connectivity index (χ0v) is 13.2. The smallest absolute Gasteiger partial charge is 0.307 e. The number of amides is 2. The number of rotatable bonds is 4. The summed E-state index contributed by atoms with van der Waals surface area (Å²) in [6.45, 7) is 0. The molecule has 1 aromatic carbocycles. The summed E-state index contributed by atoms with van der Waals surface area (Å²) in [7, 11) is 0. The molecule has 0 atom stereocenters. The van der Waals surface area contributed by atoms with Crippen molar-refractivity contribution < 1.29 is 14.0 Å². The number of benzene rings is 1. The largest absolute Gasteiger partial charge is 0.325 e. The second-order valence-electron chi connectivity index (χ2n) is 4.41. The minimum Gasteiger partial charge on any atom is -0.307 e. The lowest BCUT2D eigenvalue weighted by Gasteiger charge is -2.10. The van der Waals surface area contributed by atoms with Crippen LogP contribution in [0, 0.1) is 5.82 Å². The topological polar surface area (TPSA) is 71.1 Å². The van der Waals surface area contributed by atoms with Gasteiger partial charge in [0.1, 0.15) is 5.82 Å². The zero-order valence-electron chi connectivity index (χ0n) is 11.6. The van der Waals surface area contributed by atoms with E-state index in [4.69, 9.17) is 0 Å². The minimum absolute atomic E-state index is 0.109. The maximum Gasteiger partial charge on any atom is 0.325 e. The molecule has 0 aliphatic rings. The number of ketones is 1. The minimum atomic E-state index is -0.592. The highest BCUT2D eigenvalue weighted by Crippen LogP contribution is 2.23. The first kappa shape index (κ1) is 15.3. The van der Waals surface area contributed by atoms with Crippen LogP contribution in [0.2, 0.25) is 0 Å². The molecule has 0 saturated carbocycles. The van der Waals surface area contributed by atoms with Gasteiger partial charge in [0.05, 0.1) is 10.6 Å². The van der Waals surface area contributed by atoms with Gasteiger partial charge in [-0.15, -0.1) is 22.7 Å². The maximum absolute atomic E-state index is 13.5. The van der Waals surface area contributed by atoms with Gasteiger partial charge in [-0.2, -0.15) is 0 Å². The van der Waals surface area contributed by atoms with Crippen LogP contribution in [0.4, 0.5) is 20.0 Å². The summed E-state index contributed by atoms with van der Waals surface area (Å²) >= 11 is 2.53. The van der Waals surface area contributed by atoms with Gasteiger partial charge >= 0.3 is 6.03 Å². The van der Waals surface area contributed by atoms with Crippen LogP contribution in [-0.2, 0) is 0 Å². The monoisotopic (exact) mass is 347 g/mol. The van der Waals surface area contributed by atoms with Crippen molar-refractivity contribution in [2.24, 2.45) is 0 Å². The first-order chi connectivity index (χ1) is 11.1. The van der Waals surface area contributed by atoms with Gasteiger partial charge in [0.25, 0.3) is 0 Å². The van der Waals surface area contributed by atoms with Gasteiger partial charge in [0, 0.05) is 17.1 Å². The molecule has 23 heavy (non-hydrogen) atoms. The van der Waals surface area contributed by atoms with E-state index >= 15 is 0 Å². The van der Waals surface area contributed by atoms with Crippen molar-refractivity contribution in [1.29, 1.82) is 0 Å². The Balaban J connectivity index is 1.84. The molecule has 5 nitrogen and oxygen atoms in total. The predicted molar refractivity (Wildman–Crippen MR) is 88.9 cm³/mol. The van der Waals surface area contributed by atoms with Crippen LogP contribution in [-0.4, -0.2) is 16.8 Å². The van der Waals surface area contributed by atoms with E-state index < -0.39 is 11.8 Å². The summed E-state index contributed by atoms with van der Waals surface area (Å²) in [4.78, 5) is 28.8. The molecule has 0 aliphatic heterocycles. The molecule has 0 aliphatic carbocycles. The van der Waals surface area contributed by atoms with Crippen molar-refractivity contribution in [3.8, 4) is 0 Å². The normalized spacial score (nSPS) is 10.3. The Kier molecular flexibility index (Phi) is 4.45. The number of carbonyl (C=O) groups is 2. The van der Waals surface area contributed by atoms with E-state index in [0.717, 1.165) is 6.07 Å². The van der Waals surface area contributed by atoms with Crippen LogP contribution in [0.25, 0.3) is 0 Å². The number of thiazole rings is 1. The number of carbonyl (C=O) groups excluding carboxylic acids is 2. The van der Waals surface area contributed by atoms with Gasteiger partial charge in [-0.05, 0) is 29.6 Å². The summed E-state index contributed by atoms with van der Waals surface area (Å²) in [5.74, 6) is -0.818. The van der Waals surface area contributed by atoms with Crippen LogP contribution >= 0.6 is 22.7 Å². The third kappa shape index (κ3) is 3.61. The average molecular weight is 347 g/mol. The van der Waals surface area contributed by atoms with E-state index in [2.05, 4.69) is 15.6 Å². The number of aromatic nitrogens is 1. The first-order valence-electron chi connectivity index (χ1n) is 6.49. The Morgan fingerprint density at radius 1 is 1.09 bits per heavy atom. The molecule has 2 heterocycles. The highest BCUT2D eigenvalue weighted by Gasteiger charge is 2.17. The van der Waals surface area contributed by atoms with Crippen molar-refractivity contribution in [1.82, 2.24) is 4.98 Å². The van der Waals surface area contributed by atoms with E-state index in [-0.39, 0.29) is 17.0 Å². The van der Waals surface area contributed by atoms with Crippen molar-refractivity contribution in [3.05, 3.63) is 63.5 Å². The number of hydrogen-bond acceptors (Lipinski definition) is 5. The summed E-state index contributed by atoms with van der Waals surface area (Å²) in [5.41, 5.74) is 0.334. The number of halogens is 1. The Morgan fingerprint density at radius 3 is 2.65 bits per heavy atom. The Hall–Kier alpha value is -2.58. The third-order valence-electron chi connectivity index (χ3n) is 2.87. The number of thiophene rings is 1. The fraction of sp³-hybridized carbons (Fsp3) is 0. The van der Waals surface area contributed by atoms with E-state index in [9.17, 15) is 14.0 Å². The highest BCUT2D eigenvalue weighted by atomic mass is 32.1. The highest BCUT2D eigenvalue weighted by molar-refractivity contribution is 7.13. The second kappa shape index (κ2) is 6.67. The Labute approximate surface area is 138 Å². The average Bonchev–Trinajstić information content (AvgIpc) is 3.20. The molecular formula is C15H10FN3O2S2. The first-order valence-corrected chi connectivity index (χ1v) is 8.24. The third-order valence-corrected chi connectivity index (χ3v) is 4.43. The van der Waals surface area contributed by atoms with Crippen molar-refractivity contribution in [2.45, 2.75) is 0 Å². The zero-order chi connectivity index (χ0) is 16.2. The van der Waals surface area contributed by atoms with Crippen LogP contribution in [0.1, 0.15) is 15.2 Å². The Morgan fingerprint density at radius 2 is 1.96 bits per heavy atom. The quantitative estimate of drug-likeness (QED) is 0.694. The number of urea groups is 1. The number of hydrogen-bond donors (Lipinski definition) is 2. The van der Waals surface area contributed by atoms with E-state index in [1.165, 1.54) is 34.8 Å². The molecule has 0 saturated heterocycles. The molecule has 2 amide bonds. The van der Waals surface area contributed by atoms with Gasteiger partial charge in [-0.3, -0.25) is 10.1 Å². The van der Waals surface area contributed by atoms with Crippen molar-refractivity contribution in [3.63, 3.8) is 0 Å². The molecular weight excluding hydrogens is 337 g/mol. The lowest BCUT2D eigenvalue weighted by Crippen LogP contribution is -2.21. The van der Waals surface area contributed by atoms with Gasteiger partial charge in [0.2, 0.25) is 5.78 Å². The van der Waals surface area contributed by atoms with Crippen molar-refractivity contribution >= 4 is 45.3 Å². The maximum atomic E-state index is 13.5. The molecule has 3 aromatic rings. The van der Waals surface area contributed by atoms with Gasteiger partial charge < -0.3 is 5.32 Å². The number of nitrogens with zero attached hydrogens (tertiary/aromatic N) is 1. The number of anilines is 2. The van der Waals surface area contributed by atoms with Crippen LogP contribution in [0.5, 0.6) is 0 Å². The van der Waals surface area contributed by atoms with Crippen LogP contribution < -0.4 is 10.6 Å². The van der Waals surface area contributed by atoms with Crippen LogP contribution in [0.3, 0.4) is 0 Å². The van der Waals surface area contributed by atoms with E-state index in [0.29, 0.717) is 10.0 Å². The SMILES string of the molecule is O=C(Nc1nccs1)Nc1cc(F)ccc1C(=O)c1cccs1. The molecule has 2 N–H and O–H groups in total. The lowest BCUT2D eigenvalue weighted by atomic mass is 10.1. The fourth-order valence-corrected chi connectivity index (χ4v) is 3.10. The molecule has 0 bridgehead atoms. The lowest BCUT2D eigenvalue weighted by molar-refractivity contribution is 0.104. The van der Waals surface area contributed by atoms with E-state index in [1.807, 2.05) is 0 Å². The molecule has 0 unspecified atom stereocenters. The summed E-state index contributed by atoms with van der Waals surface area (Å²) in [6, 6.07) is 6.49. The van der Waals surface area contributed by atoms with E-state index in [1.54, 1.807) is 29.1 Å². The molecule has 0 fully saturated rings. The summed E-state index contributed by atoms with van der Waals surface area (Å²) < 4.78 is 13.5. The van der Waals surface area contributed by atoms with Crippen molar-refractivity contribution in [2.75, 3.05) is 10.6 Å². The second-order valence-corrected chi connectivity index (χ2v) is 6.25. The van der Waals surface area contributed by atoms with Gasteiger partial charge in [-0.1, -0.05) is 6.07 Å². The number of nitrogens with one attached hydrogen (secondary N) is 2. The summed E-state index contributed by atoms with van der Waals surface area (Å²) in [5, 5.41) is 8.91. The molecule has 0 spiro atoms. The molecule has 116 valence electrons. The molecule has 0 radical (unpaired) electrons. The molecule has 3 rings (SSSR count). The van der Waals surface area contributed by atoms with Crippen LogP contribution in [0.15, 0.2) is 47.3 Å². The Bertz CT molecular complexity index is 833. The molecule has 2 aromatic heterocycles.